The van der Waals surface area contributed by atoms with Crippen LogP contribution in [0.25, 0.3) is 15.4 Å². The van der Waals surface area contributed by atoms with Crippen molar-refractivity contribution >= 4 is 93.1 Å². The standard InChI is InChI=1S/C51H59ClN12O8S3/c1-25-27(3)75-50-40(25)41(29-12-14-32(52)15-13-29)58-34(45-62-61-28(4)64(45)50)19-37(66)54-20-35-46(69)53-16-17-73-23-39(68)59-44(51(5,6)7)49(72)63-22-33(65)18-36(63)47(70)60-42(48(71)55-21-38(67)57-35)30-8-10-31(11-9-30)43-26(2)56-24-74-43/h8-15,24,33-36,42,44,65H,16-23H2,1-7H3,(H,53,69)(H,54,66)(H,55,71)(H,57,67)(H,59,68)(H,60,70)/t33-,34+,35-,36+,42+,44-/m1/s1. The first kappa shape index (κ1) is 54.7. The molecule has 0 aliphatic carbocycles. The average Bonchev–Trinajstić information content (AvgIpc) is 4.14. The van der Waals surface area contributed by atoms with Crippen LogP contribution in [-0.4, -0.2) is 139 Å². The van der Waals surface area contributed by atoms with Crippen LogP contribution in [0.1, 0.15) is 90.2 Å². The van der Waals surface area contributed by atoms with Crippen LogP contribution in [0, 0.1) is 33.1 Å². The average molecular weight is 1100 g/mol. The molecule has 2 saturated heterocycles. The zero-order valence-electron chi connectivity index (χ0n) is 42.4. The minimum atomic E-state index is -1.40. The van der Waals surface area contributed by atoms with Crippen LogP contribution in [0.2, 0.25) is 5.02 Å². The van der Waals surface area contributed by atoms with E-state index in [1.165, 1.54) is 28.0 Å². The fourth-order valence-electron chi connectivity index (χ4n) is 9.12. The van der Waals surface area contributed by atoms with Crippen molar-refractivity contribution in [2.45, 2.75) is 97.6 Å². The first-order valence-corrected chi connectivity index (χ1v) is 27.6. The van der Waals surface area contributed by atoms with E-state index in [1.807, 2.05) is 44.4 Å². The molecular weight excluding hydrogens is 1040 g/mol. The zero-order valence-corrected chi connectivity index (χ0v) is 45.6. The number of carbonyl (C=O) groups excluding carboxylic acids is 7. The number of benzene rings is 2. The Morgan fingerprint density at radius 2 is 1.60 bits per heavy atom. The summed E-state index contributed by atoms with van der Waals surface area (Å²) in [6.07, 6.45) is -1.41. The lowest BCUT2D eigenvalue weighted by atomic mass is 9.85. The quantitative estimate of drug-likeness (QED) is 0.123. The SMILES string of the molecule is Cc1ncsc1-c1ccc([C@@H]2NC(=O)[C@@H]3C[C@@H](O)CN3C(=O)[C@H](C(C)(C)C)NC(=O)CSCCNC(=O)[C@@H](CNC(=O)C[C@@H]3N=C(c4ccc(Cl)cc4)c4c(sc(C)c4C)-n4c(C)nnc43)NC(=O)CNC2=O)cc1. The van der Waals surface area contributed by atoms with E-state index in [1.54, 1.807) is 74.0 Å². The molecule has 0 radical (unpaired) electrons. The van der Waals surface area contributed by atoms with Gasteiger partial charge in [0.25, 0.3) is 0 Å². The molecule has 75 heavy (non-hydrogen) atoms. The molecule has 2 aromatic carbocycles. The molecule has 7 amide bonds. The number of rotatable bonds is 7. The zero-order chi connectivity index (χ0) is 53.9. The van der Waals surface area contributed by atoms with Gasteiger partial charge in [-0.2, -0.15) is 11.8 Å². The van der Waals surface area contributed by atoms with Crippen molar-refractivity contribution < 1.29 is 38.7 Å². The van der Waals surface area contributed by atoms with Gasteiger partial charge in [-0.3, -0.25) is 43.1 Å². The number of halogens is 1. The maximum atomic E-state index is 14.3. The summed E-state index contributed by atoms with van der Waals surface area (Å²) in [5, 5.41) is 37.5. The molecule has 2 fully saturated rings. The lowest BCUT2D eigenvalue weighted by Gasteiger charge is -2.35. The fourth-order valence-corrected chi connectivity index (χ4v) is 11.9. The molecule has 8 rings (SSSR count). The monoisotopic (exact) mass is 1100 g/mol. The van der Waals surface area contributed by atoms with Crippen molar-refractivity contribution in [3.05, 3.63) is 104 Å². The largest absolute Gasteiger partial charge is 0.391 e. The van der Waals surface area contributed by atoms with Crippen LogP contribution in [0.4, 0.5) is 0 Å². The van der Waals surface area contributed by atoms with Gasteiger partial charge in [-0.25, -0.2) is 4.98 Å². The molecule has 6 heterocycles. The fraction of sp³-hybridized carbons (Fsp3) is 0.431. The Morgan fingerprint density at radius 3 is 2.29 bits per heavy atom. The van der Waals surface area contributed by atoms with Crippen molar-refractivity contribution in [3.8, 4) is 15.4 Å². The highest BCUT2D eigenvalue weighted by atomic mass is 35.5. The number of thiophene rings is 1. The maximum absolute atomic E-state index is 14.3. The van der Waals surface area contributed by atoms with E-state index in [0.29, 0.717) is 27.9 Å². The van der Waals surface area contributed by atoms with Crippen LogP contribution >= 0.6 is 46.0 Å². The van der Waals surface area contributed by atoms with Gasteiger partial charge >= 0.3 is 0 Å². The maximum Gasteiger partial charge on any atom is 0.247 e. The number of fused-ring (bicyclic) bond motifs is 4. The van der Waals surface area contributed by atoms with Gasteiger partial charge in [0.15, 0.2) is 5.82 Å². The van der Waals surface area contributed by atoms with Crippen molar-refractivity contribution in [1.82, 2.24) is 56.5 Å². The normalized spacial score (nSPS) is 22.5. The van der Waals surface area contributed by atoms with Gasteiger partial charge in [0, 0.05) is 52.8 Å². The number of aromatic nitrogens is 4. The van der Waals surface area contributed by atoms with Gasteiger partial charge in [0.05, 0.1) is 46.6 Å². The summed E-state index contributed by atoms with van der Waals surface area (Å²) in [4.78, 5) is 111. The molecule has 3 aliphatic rings. The van der Waals surface area contributed by atoms with E-state index in [0.717, 1.165) is 42.7 Å². The third-order valence-corrected chi connectivity index (χ3v) is 16.6. The summed E-state index contributed by atoms with van der Waals surface area (Å²) < 4.78 is 1.91. The highest BCUT2D eigenvalue weighted by molar-refractivity contribution is 7.99. The number of nitrogens with zero attached hydrogens (tertiary/aromatic N) is 6. The second-order valence-electron chi connectivity index (χ2n) is 19.7. The molecule has 6 atom stereocenters. The summed E-state index contributed by atoms with van der Waals surface area (Å²) in [5.41, 5.74) is 6.19. The molecule has 7 N–H and O–H groups in total. The Balaban J connectivity index is 1.04. The van der Waals surface area contributed by atoms with Gasteiger partial charge in [0.2, 0.25) is 41.4 Å². The first-order valence-electron chi connectivity index (χ1n) is 24.3. The summed E-state index contributed by atoms with van der Waals surface area (Å²) in [6.45, 7) is 11.9. The van der Waals surface area contributed by atoms with E-state index in [4.69, 9.17) is 16.6 Å². The number of aliphatic hydroxyl groups is 1. The number of hydrogen-bond donors (Lipinski definition) is 7. The summed E-state index contributed by atoms with van der Waals surface area (Å²) in [7, 11) is 0. The Labute approximate surface area is 450 Å². The van der Waals surface area contributed by atoms with E-state index in [9.17, 15) is 38.7 Å². The number of thiazole rings is 1. The van der Waals surface area contributed by atoms with E-state index >= 15 is 0 Å². The van der Waals surface area contributed by atoms with Gasteiger partial charge in [-0.1, -0.05) is 68.8 Å². The predicted octanol–water partition coefficient (Wildman–Crippen LogP) is 3.55. The lowest BCUT2D eigenvalue weighted by molar-refractivity contribution is -0.144. The molecule has 5 aromatic rings. The minimum absolute atomic E-state index is 0.0575. The van der Waals surface area contributed by atoms with E-state index < -0.39 is 89.6 Å². The van der Waals surface area contributed by atoms with E-state index in [-0.39, 0.29) is 44.0 Å². The number of thioether (sulfide) groups is 1. The Kier molecular flexibility index (Phi) is 16.9. The van der Waals surface area contributed by atoms with Crippen LogP contribution in [0.5, 0.6) is 0 Å². The predicted molar refractivity (Wildman–Crippen MR) is 287 cm³/mol. The molecule has 3 aliphatic heterocycles. The molecule has 396 valence electrons. The van der Waals surface area contributed by atoms with Crippen LogP contribution in [0.3, 0.4) is 0 Å². The summed E-state index contributed by atoms with van der Waals surface area (Å²) in [6, 6.07) is 8.25. The van der Waals surface area contributed by atoms with Gasteiger partial charge in [-0.05, 0) is 61.9 Å². The van der Waals surface area contributed by atoms with E-state index in [2.05, 4.69) is 47.1 Å². The van der Waals surface area contributed by atoms with Crippen LogP contribution < -0.4 is 31.9 Å². The smallest absolute Gasteiger partial charge is 0.247 e. The topological polar surface area (TPSA) is 271 Å². The molecular formula is C51H59ClN12O8S3. The number of amides is 7. The number of aryl methyl sites for hydroxylation is 3. The van der Waals surface area contributed by atoms with Crippen molar-refractivity contribution in [3.63, 3.8) is 0 Å². The van der Waals surface area contributed by atoms with Gasteiger partial charge < -0.3 is 41.9 Å². The van der Waals surface area contributed by atoms with Gasteiger partial charge in [-0.15, -0.1) is 32.9 Å². The number of carbonyl (C=O) groups is 7. The van der Waals surface area contributed by atoms with Gasteiger partial charge in [0.1, 0.15) is 41.0 Å². The summed E-state index contributed by atoms with van der Waals surface area (Å²) >= 11 is 10.5. The summed E-state index contributed by atoms with van der Waals surface area (Å²) in [5.74, 6) is -3.34. The van der Waals surface area contributed by atoms with Crippen LogP contribution in [-0.2, 0) is 33.6 Å². The number of hydrogen-bond acceptors (Lipinski definition) is 15. The molecule has 3 aromatic heterocycles. The second-order valence-corrected chi connectivity index (χ2v) is 23.3. The number of nitrogens with one attached hydrogen (secondary N) is 6. The molecule has 0 unspecified atom stereocenters. The Hall–Kier alpha value is -6.53. The highest BCUT2D eigenvalue weighted by Crippen LogP contribution is 2.40. The minimum Gasteiger partial charge on any atom is -0.391 e. The van der Waals surface area contributed by atoms with Crippen molar-refractivity contribution in [1.29, 1.82) is 0 Å². The second kappa shape index (κ2) is 23.2. The van der Waals surface area contributed by atoms with Crippen molar-refractivity contribution in [2.75, 3.05) is 37.7 Å². The number of aliphatic imine (C=N–C) groups is 1. The van der Waals surface area contributed by atoms with Crippen LogP contribution in [0.15, 0.2) is 59.0 Å². The first-order chi connectivity index (χ1) is 35.7. The van der Waals surface area contributed by atoms with Crippen molar-refractivity contribution in [2.24, 2.45) is 10.4 Å². The Bertz CT molecular complexity index is 3040. The molecule has 0 spiro atoms. The highest BCUT2D eigenvalue weighted by Gasteiger charge is 2.45. The Morgan fingerprint density at radius 1 is 0.880 bits per heavy atom. The third-order valence-electron chi connectivity index (χ3n) is 13.2. The molecule has 24 heteroatoms. The third kappa shape index (κ3) is 12.4. The molecule has 0 bridgehead atoms. The molecule has 0 saturated carbocycles. The lowest BCUT2D eigenvalue weighted by Crippen LogP contribution is -2.58. The number of aliphatic hydroxyl groups excluding tert-OH is 1. The molecule has 20 nitrogen and oxygen atoms in total.